The van der Waals surface area contributed by atoms with Gasteiger partial charge in [-0.1, -0.05) is 25.8 Å². The maximum atomic E-state index is 6.71. The number of aryl methyl sites for hydroxylation is 1. The molecular weight excluding hydrogens is 232 g/mol. The molecule has 0 heterocycles. The molecule has 0 aliphatic heterocycles. The number of methoxy groups -OCH3 is 1. The Hall–Kier alpha value is -0.690. The highest BCUT2D eigenvalue weighted by atomic mass is 35.5. The van der Waals surface area contributed by atoms with E-state index < -0.39 is 0 Å². The summed E-state index contributed by atoms with van der Waals surface area (Å²) in [6.07, 6.45) is 5.11. The Labute approximate surface area is 109 Å². The minimum atomic E-state index is 0.121. The van der Waals surface area contributed by atoms with E-state index in [2.05, 4.69) is 26.0 Å². The molecule has 0 radical (unpaired) electrons. The van der Waals surface area contributed by atoms with Gasteiger partial charge in [-0.05, 0) is 48.4 Å². The molecule has 1 aromatic rings. The van der Waals surface area contributed by atoms with Crippen LogP contribution in [-0.4, -0.2) is 7.11 Å². The van der Waals surface area contributed by atoms with Gasteiger partial charge in [-0.2, -0.15) is 0 Å². The predicted molar refractivity (Wildman–Crippen MR) is 72.9 cm³/mol. The maximum absolute atomic E-state index is 6.71. The van der Waals surface area contributed by atoms with E-state index >= 15 is 0 Å². The average Bonchev–Trinajstić information content (AvgIpc) is 2.76. The number of alkyl halides is 1. The van der Waals surface area contributed by atoms with Crippen molar-refractivity contribution in [3.63, 3.8) is 0 Å². The first-order chi connectivity index (χ1) is 8.07. The number of ether oxygens (including phenoxy) is 1. The molecule has 2 rings (SSSR count). The van der Waals surface area contributed by atoms with E-state index in [0.717, 1.165) is 5.75 Å². The molecule has 1 saturated carbocycles. The molecule has 94 valence electrons. The zero-order valence-electron chi connectivity index (χ0n) is 10.9. The zero-order chi connectivity index (χ0) is 12.5. The second-order valence-electron chi connectivity index (χ2n) is 5.45. The normalized spacial score (nSPS) is 20.2. The monoisotopic (exact) mass is 252 g/mol. The van der Waals surface area contributed by atoms with E-state index in [-0.39, 0.29) is 10.8 Å². The quantitative estimate of drug-likeness (QED) is 0.698. The Balaban J connectivity index is 2.27. The van der Waals surface area contributed by atoms with Gasteiger partial charge in [0.15, 0.2) is 0 Å². The molecule has 2 heteroatoms. The van der Waals surface area contributed by atoms with Gasteiger partial charge in [-0.15, -0.1) is 11.6 Å². The van der Waals surface area contributed by atoms with E-state index in [1.54, 1.807) is 7.11 Å². The van der Waals surface area contributed by atoms with Gasteiger partial charge in [0.1, 0.15) is 5.75 Å². The predicted octanol–water partition coefficient (Wildman–Crippen LogP) is 4.86. The van der Waals surface area contributed by atoms with E-state index in [0.29, 0.717) is 0 Å². The van der Waals surface area contributed by atoms with Crippen molar-refractivity contribution < 1.29 is 4.74 Å². The lowest BCUT2D eigenvalue weighted by molar-refractivity contribution is 0.321. The van der Waals surface area contributed by atoms with Crippen molar-refractivity contribution in [3.05, 3.63) is 29.3 Å². The lowest BCUT2D eigenvalue weighted by Gasteiger charge is -2.30. The van der Waals surface area contributed by atoms with Crippen LogP contribution in [0.3, 0.4) is 0 Å². The summed E-state index contributed by atoms with van der Waals surface area (Å²) in [5.41, 5.74) is 2.76. The molecule has 0 spiro atoms. The van der Waals surface area contributed by atoms with E-state index in [9.17, 15) is 0 Å². The van der Waals surface area contributed by atoms with Crippen molar-refractivity contribution in [1.82, 2.24) is 0 Å². The summed E-state index contributed by atoms with van der Waals surface area (Å²) >= 11 is 6.71. The highest BCUT2D eigenvalue weighted by Gasteiger charge is 2.37. The molecule has 0 aromatic heterocycles. The van der Waals surface area contributed by atoms with Gasteiger partial charge in [0.2, 0.25) is 0 Å². The van der Waals surface area contributed by atoms with Crippen molar-refractivity contribution >= 4 is 11.6 Å². The van der Waals surface area contributed by atoms with Crippen molar-refractivity contribution in [2.75, 3.05) is 7.11 Å². The number of hydrogen-bond acceptors (Lipinski definition) is 1. The minimum absolute atomic E-state index is 0.121. The Kier molecular flexibility index (Phi) is 3.67. The third-order valence-corrected chi connectivity index (χ3v) is 4.87. The van der Waals surface area contributed by atoms with E-state index in [4.69, 9.17) is 16.3 Å². The topological polar surface area (TPSA) is 9.23 Å². The van der Waals surface area contributed by atoms with E-state index in [1.807, 2.05) is 6.07 Å². The fraction of sp³-hybridized carbons (Fsp3) is 0.600. The molecule has 0 amide bonds. The molecule has 1 aliphatic rings. The molecule has 17 heavy (non-hydrogen) atoms. The lowest BCUT2D eigenvalue weighted by Crippen LogP contribution is -2.18. The second kappa shape index (κ2) is 4.89. The van der Waals surface area contributed by atoms with Crippen LogP contribution in [0.5, 0.6) is 5.75 Å². The van der Waals surface area contributed by atoms with Crippen LogP contribution in [0.1, 0.15) is 49.1 Å². The molecule has 0 N–H and O–H groups in total. The van der Waals surface area contributed by atoms with Gasteiger partial charge in [0.05, 0.1) is 12.5 Å². The van der Waals surface area contributed by atoms with Crippen LogP contribution in [0, 0.1) is 12.3 Å². The number of rotatable bonds is 3. The highest BCUT2D eigenvalue weighted by molar-refractivity contribution is 6.21. The van der Waals surface area contributed by atoms with E-state index in [1.165, 1.54) is 36.8 Å². The first-order valence-corrected chi connectivity index (χ1v) is 6.79. The first kappa shape index (κ1) is 12.8. The van der Waals surface area contributed by atoms with Crippen molar-refractivity contribution in [2.24, 2.45) is 5.41 Å². The van der Waals surface area contributed by atoms with Crippen LogP contribution in [0.4, 0.5) is 0 Å². The van der Waals surface area contributed by atoms with Crippen LogP contribution in [-0.2, 0) is 0 Å². The van der Waals surface area contributed by atoms with Crippen molar-refractivity contribution in [1.29, 1.82) is 0 Å². The summed E-state index contributed by atoms with van der Waals surface area (Å²) in [5.74, 6) is 0.909. The summed E-state index contributed by atoms with van der Waals surface area (Å²) in [5, 5.41) is 0.121. The van der Waals surface area contributed by atoms with Gasteiger partial charge in [0.25, 0.3) is 0 Å². The fourth-order valence-corrected chi connectivity index (χ4v) is 3.33. The number of hydrogen-bond donors (Lipinski definition) is 0. The molecule has 1 aliphatic carbocycles. The van der Waals surface area contributed by atoms with Crippen LogP contribution in [0.25, 0.3) is 0 Å². The Morgan fingerprint density at radius 2 is 1.94 bits per heavy atom. The number of benzene rings is 1. The summed E-state index contributed by atoms with van der Waals surface area (Å²) in [4.78, 5) is 0. The van der Waals surface area contributed by atoms with Crippen LogP contribution < -0.4 is 4.74 Å². The molecular formula is C15H21ClO. The SMILES string of the molecule is COc1ccc(C(Cl)C2(C)CCCC2)c(C)c1. The Morgan fingerprint density at radius 3 is 2.47 bits per heavy atom. The minimum Gasteiger partial charge on any atom is -0.497 e. The standard InChI is InChI=1S/C15H21ClO/c1-11-10-12(17-3)6-7-13(11)14(16)15(2)8-4-5-9-15/h6-7,10,14H,4-5,8-9H2,1-3H3. The average molecular weight is 253 g/mol. The maximum Gasteiger partial charge on any atom is 0.119 e. The van der Waals surface area contributed by atoms with Gasteiger partial charge in [-0.25, -0.2) is 0 Å². The molecule has 1 nitrogen and oxygen atoms in total. The summed E-state index contributed by atoms with van der Waals surface area (Å²) in [6.45, 7) is 4.44. The van der Waals surface area contributed by atoms with Crippen LogP contribution >= 0.6 is 11.6 Å². The van der Waals surface area contributed by atoms with Crippen LogP contribution in [0.2, 0.25) is 0 Å². The second-order valence-corrected chi connectivity index (χ2v) is 5.88. The van der Waals surface area contributed by atoms with Gasteiger partial charge >= 0.3 is 0 Å². The summed E-state index contributed by atoms with van der Waals surface area (Å²) < 4.78 is 5.24. The molecule has 0 saturated heterocycles. The first-order valence-electron chi connectivity index (χ1n) is 6.35. The lowest BCUT2D eigenvalue weighted by atomic mass is 9.80. The van der Waals surface area contributed by atoms with Crippen molar-refractivity contribution in [3.8, 4) is 5.75 Å². The molecule has 1 atom stereocenters. The zero-order valence-corrected chi connectivity index (χ0v) is 11.7. The molecule has 1 fully saturated rings. The largest absolute Gasteiger partial charge is 0.497 e. The Bertz CT molecular complexity index is 394. The summed E-state index contributed by atoms with van der Waals surface area (Å²) in [7, 11) is 1.70. The van der Waals surface area contributed by atoms with Crippen molar-refractivity contribution in [2.45, 2.75) is 44.9 Å². The van der Waals surface area contributed by atoms with Crippen LogP contribution in [0.15, 0.2) is 18.2 Å². The Morgan fingerprint density at radius 1 is 1.29 bits per heavy atom. The fourth-order valence-electron chi connectivity index (χ4n) is 2.87. The number of halogens is 1. The third-order valence-electron chi connectivity index (χ3n) is 4.11. The highest BCUT2D eigenvalue weighted by Crippen LogP contribution is 2.51. The van der Waals surface area contributed by atoms with Gasteiger partial charge in [0, 0.05) is 0 Å². The molecule has 1 unspecified atom stereocenters. The third kappa shape index (κ3) is 2.44. The molecule has 0 bridgehead atoms. The summed E-state index contributed by atoms with van der Waals surface area (Å²) in [6, 6.07) is 6.20. The van der Waals surface area contributed by atoms with Gasteiger partial charge < -0.3 is 4.74 Å². The van der Waals surface area contributed by atoms with Gasteiger partial charge in [-0.3, -0.25) is 0 Å². The molecule has 1 aromatic carbocycles. The smallest absolute Gasteiger partial charge is 0.119 e.